The molecule has 2 rings (SSSR count). The van der Waals surface area contributed by atoms with Crippen LogP contribution in [0, 0.1) is 0 Å². The molecule has 1 unspecified atom stereocenters. The molecule has 1 atom stereocenters. The second-order valence-electron chi connectivity index (χ2n) is 5.19. The number of nitrogens with one attached hydrogen (secondary N) is 1. The van der Waals surface area contributed by atoms with Gasteiger partial charge in [-0.2, -0.15) is 0 Å². The third-order valence-electron chi connectivity index (χ3n) is 4.02. The highest BCUT2D eigenvalue weighted by molar-refractivity contribution is 5.43. The number of hydrogen-bond acceptors (Lipinski definition) is 5. The second kappa shape index (κ2) is 6.43. The Kier molecular flexibility index (Phi) is 4.86. The molecule has 0 aromatic heterocycles. The molecule has 0 radical (unpaired) electrons. The normalized spacial score (nSPS) is 18.3. The van der Waals surface area contributed by atoms with E-state index in [1.54, 1.807) is 7.11 Å². The Morgan fingerprint density at radius 2 is 2.15 bits per heavy atom. The van der Waals surface area contributed by atoms with E-state index in [1.165, 1.54) is 0 Å². The largest absolute Gasteiger partial charge is 0.497 e. The third-order valence-corrected chi connectivity index (χ3v) is 4.02. The molecule has 1 aliphatic rings. The fourth-order valence-electron chi connectivity index (χ4n) is 2.49. The van der Waals surface area contributed by atoms with Crippen LogP contribution in [0.4, 0.5) is 0 Å². The molecule has 0 spiro atoms. The molecule has 0 saturated heterocycles. The van der Waals surface area contributed by atoms with Crippen molar-refractivity contribution in [1.29, 1.82) is 0 Å². The minimum atomic E-state index is -0.664. The zero-order chi connectivity index (χ0) is 14.6. The number of ether oxygens (including phenoxy) is 2. The van der Waals surface area contributed by atoms with Crippen molar-refractivity contribution in [1.82, 2.24) is 5.32 Å². The quantitative estimate of drug-likeness (QED) is 0.732. The lowest BCUT2D eigenvalue weighted by atomic mass is 9.92. The predicted octanol–water partition coefficient (Wildman–Crippen LogP) is 1.24. The van der Waals surface area contributed by atoms with E-state index in [9.17, 15) is 10.2 Å². The number of fused-ring (bicyclic) bond motifs is 1. The maximum absolute atomic E-state index is 9.58. The maximum atomic E-state index is 9.58. The van der Waals surface area contributed by atoms with Gasteiger partial charge in [-0.25, -0.2) is 0 Å². The van der Waals surface area contributed by atoms with Crippen molar-refractivity contribution in [2.75, 3.05) is 26.9 Å². The lowest BCUT2D eigenvalue weighted by molar-refractivity contribution is 0.0709. The van der Waals surface area contributed by atoms with Gasteiger partial charge < -0.3 is 25.0 Å². The first-order chi connectivity index (χ1) is 9.68. The van der Waals surface area contributed by atoms with E-state index in [-0.39, 0.29) is 19.3 Å². The smallest absolute Gasteiger partial charge is 0.124 e. The van der Waals surface area contributed by atoms with Gasteiger partial charge in [0.05, 0.1) is 32.5 Å². The maximum Gasteiger partial charge on any atom is 0.124 e. The highest BCUT2D eigenvalue weighted by Gasteiger charge is 2.32. The van der Waals surface area contributed by atoms with E-state index in [4.69, 9.17) is 9.47 Å². The Labute approximate surface area is 119 Å². The van der Waals surface area contributed by atoms with Crippen LogP contribution in [0.2, 0.25) is 0 Å². The van der Waals surface area contributed by atoms with E-state index < -0.39 is 5.54 Å². The van der Waals surface area contributed by atoms with Gasteiger partial charge in [0.2, 0.25) is 0 Å². The van der Waals surface area contributed by atoms with Crippen molar-refractivity contribution in [3.8, 4) is 11.5 Å². The van der Waals surface area contributed by atoms with Crippen LogP contribution in [-0.4, -0.2) is 42.7 Å². The summed E-state index contributed by atoms with van der Waals surface area (Å²) < 4.78 is 10.9. The topological polar surface area (TPSA) is 71.0 Å². The van der Waals surface area contributed by atoms with Crippen LogP contribution in [0.15, 0.2) is 18.2 Å². The van der Waals surface area contributed by atoms with E-state index >= 15 is 0 Å². The first-order valence-corrected chi connectivity index (χ1v) is 6.98. The van der Waals surface area contributed by atoms with Crippen LogP contribution < -0.4 is 14.8 Å². The Balaban J connectivity index is 2.27. The highest BCUT2D eigenvalue weighted by Crippen LogP contribution is 2.36. The SMILES string of the molecule is CCC(CO)(CO)NC1CCOc2ccc(OC)cc21. The Morgan fingerprint density at radius 3 is 2.75 bits per heavy atom. The van der Waals surface area contributed by atoms with Gasteiger partial charge in [-0.05, 0) is 24.6 Å². The molecule has 3 N–H and O–H groups in total. The summed E-state index contributed by atoms with van der Waals surface area (Å²) in [6, 6.07) is 5.74. The number of hydrogen-bond donors (Lipinski definition) is 3. The number of benzene rings is 1. The van der Waals surface area contributed by atoms with Crippen molar-refractivity contribution in [3.05, 3.63) is 23.8 Å². The molecule has 0 amide bonds. The summed E-state index contributed by atoms with van der Waals surface area (Å²) in [4.78, 5) is 0. The van der Waals surface area contributed by atoms with Gasteiger partial charge in [-0.1, -0.05) is 6.92 Å². The summed E-state index contributed by atoms with van der Waals surface area (Å²) in [7, 11) is 1.63. The van der Waals surface area contributed by atoms with Crippen molar-refractivity contribution >= 4 is 0 Å². The van der Waals surface area contributed by atoms with Crippen LogP contribution in [0.1, 0.15) is 31.4 Å². The van der Waals surface area contributed by atoms with E-state index in [0.717, 1.165) is 23.5 Å². The predicted molar refractivity (Wildman–Crippen MR) is 76.2 cm³/mol. The van der Waals surface area contributed by atoms with E-state index in [1.807, 2.05) is 25.1 Å². The molecular weight excluding hydrogens is 258 g/mol. The summed E-state index contributed by atoms with van der Waals surface area (Å²) in [6.45, 7) is 2.37. The van der Waals surface area contributed by atoms with Crippen molar-refractivity contribution in [2.45, 2.75) is 31.3 Å². The van der Waals surface area contributed by atoms with Crippen molar-refractivity contribution in [2.24, 2.45) is 0 Å². The molecule has 1 aliphatic heterocycles. The van der Waals surface area contributed by atoms with Gasteiger partial charge in [0.25, 0.3) is 0 Å². The molecule has 5 heteroatoms. The van der Waals surface area contributed by atoms with Gasteiger partial charge in [0.15, 0.2) is 0 Å². The lowest BCUT2D eigenvalue weighted by Gasteiger charge is -2.37. The van der Waals surface area contributed by atoms with Crippen molar-refractivity contribution in [3.63, 3.8) is 0 Å². The zero-order valence-corrected chi connectivity index (χ0v) is 12.1. The molecule has 1 heterocycles. The van der Waals surface area contributed by atoms with Gasteiger partial charge in [0, 0.05) is 18.0 Å². The van der Waals surface area contributed by atoms with Gasteiger partial charge in [-0.15, -0.1) is 0 Å². The minimum absolute atomic E-state index is 0.0353. The van der Waals surface area contributed by atoms with Gasteiger partial charge >= 0.3 is 0 Å². The Morgan fingerprint density at radius 1 is 1.40 bits per heavy atom. The minimum Gasteiger partial charge on any atom is -0.497 e. The van der Waals surface area contributed by atoms with Crippen LogP contribution in [0.5, 0.6) is 11.5 Å². The summed E-state index contributed by atoms with van der Waals surface area (Å²) >= 11 is 0. The fraction of sp³-hybridized carbons (Fsp3) is 0.600. The third kappa shape index (κ3) is 2.90. The molecule has 112 valence electrons. The van der Waals surface area contributed by atoms with Crippen LogP contribution >= 0.6 is 0 Å². The average Bonchev–Trinajstić information content (AvgIpc) is 2.52. The van der Waals surface area contributed by atoms with Crippen molar-refractivity contribution < 1.29 is 19.7 Å². The van der Waals surface area contributed by atoms with Gasteiger partial charge in [0.1, 0.15) is 11.5 Å². The Bertz CT molecular complexity index is 437. The van der Waals surface area contributed by atoms with Crippen LogP contribution in [0.25, 0.3) is 0 Å². The summed E-state index contributed by atoms with van der Waals surface area (Å²) in [5.41, 5.74) is 0.345. The molecule has 0 aliphatic carbocycles. The van der Waals surface area contributed by atoms with Crippen LogP contribution in [-0.2, 0) is 0 Å². The van der Waals surface area contributed by atoms with Crippen LogP contribution in [0.3, 0.4) is 0 Å². The molecule has 0 bridgehead atoms. The summed E-state index contributed by atoms with van der Waals surface area (Å²) in [6.07, 6.45) is 1.44. The number of rotatable bonds is 6. The monoisotopic (exact) mass is 281 g/mol. The number of aliphatic hydroxyl groups is 2. The average molecular weight is 281 g/mol. The van der Waals surface area contributed by atoms with Gasteiger partial charge in [-0.3, -0.25) is 0 Å². The van der Waals surface area contributed by atoms with E-state index in [2.05, 4.69) is 5.32 Å². The Hall–Kier alpha value is -1.30. The first-order valence-electron chi connectivity index (χ1n) is 6.98. The molecule has 0 fully saturated rings. The fourth-order valence-corrected chi connectivity index (χ4v) is 2.49. The summed E-state index contributed by atoms with van der Waals surface area (Å²) in [5, 5.41) is 22.5. The number of methoxy groups -OCH3 is 1. The molecule has 0 saturated carbocycles. The summed E-state index contributed by atoms with van der Waals surface area (Å²) in [5.74, 6) is 1.60. The first kappa shape index (κ1) is 15.1. The molecule has 1 aromatic carbocycles. The molecule has 20 heavy (non-hydrogen) atoms. The molecule has 5 nitrogen and oxygen atoms in total. The highest BCUT2D eigenvalue weighted by atomic mass is 16.5. The second-order valence-corrected chi connectivity index (χ2v) is 5.19. The van der Waals surface area contributed by atoms with E-state index in [0.29, 0.717) is 13.0 Å². The lowest BCUT2D eigenvalue weighted by Crippen LogP contribution is -2.53. The number of aliphatic hydroxyl groups excluding tert-OH is 2. The molecule has 1 aromatic rings. The zero-order valence-electron chi connectivity index (χ0n) is 12.1. The molecular formula is C15H23NO4. The standard InChI is InChI=1S/C15H23NO4/c1-3-15(9-17,10-18)16-13-6-7-20-14-5-4-11(19-2)8-12(13)14/h4-5,8,13,16-18H,3,6-7,9-10H2,1-2H3.